The van der Waals surface area contributed by atoms with Crippen LogP contribution in [-0.2, 0) is 0 Å². The molecule has 0 atom stereocenters. The van der Waals surface area contributed by atoms with E-state index in [4.69, 9.17) is 4.74 Å². The molecule has 5 heteroatoms. The maximum Gasteiger partial charge on any atom is 0.269 e. The van der Waals surface area contributed by atoms with E-state index in [1.807, 2.05) is 24.3 Å². The summed E-state index contributed by atoms with van der Waals surface area (Å²) in [6, 6.07) is 14.5. The third-order valence-corrected chi connectivity index (χ3v) is 5.26. The molecule has 0 fully saturated rings. The molecule has 0 aliphatic rings. The summed E-state index contributed by atoms with van der Waals surface area (Å²) in [5.41, 5.74) is 2.10. The molecule has 0 spiro atoms. The molecule has 2 aromatic carbocycles. The van der Waals surface area contributed by atoms with Crippen LogP contribution in [0.3, 0.4) is 0 Å². The smallest absolute Gasteiger partial charge is 0.269 e. The number of quaternary nitrogens is 1. The fourth-order valence-electron chi connectivity index (χ4n) is 3.46. The van der Waals surface area contributed by atoms with Gasteiger partial charge in [0.05, 0.1) is 39.2 Å². The minimum absolute atomic E-state index is 0.110. The molecule has 2 aromatic rings. The molecule has 0 saturated heterocycles. The first kappa shape index (κ1) is 23.9. The molecule has 0 aliphatic carbocycles. The molecule has 0 aromatic heterocycles. The average Bonchev–Trinajstić information content (AvgIpc) is 2.72. The number of nitro benzene ring substituents is 1. The SMILES string of the molecule is C[N+](C)(C)CCCCCCCCCCOc1ccc(-c2ccc([N+](=O)[O-])cc2)cc1. The molecule has 0 amide bonds. The Balaban J connectivity index is 1.55. The van der Waals surface area contributed by atoms with Gasteiger partial charge in [-0.05, 0) is 54.7 Å². The lowest BCUT2D eigenvalue weighted by molar-refractivity contribution is -0.870. The quantitative estimate of drug-likeness (QED) is 0.154. The van der Waals surface area contributed by atoms with Crippen LogP contribution >= 0.6 is 0 Å². The van der Waals surface area contributed by atoms with Crippen molar-refractivity contribution in [1.82, 2.24) is 0 Å². The molecule has 5 nitrogen and oxygen atoms in total. The highest BCUT2D eigenvalue weighted by atomic mass is 16.6. The van der Waals surface area contributed by atoms with Gasteiger partial charge in [0, 0.05) is 12.1 Å². The van der Waals surface area contributed by atoms with E-state index in [0.29, 0.717) is 0 Å². The van der Waals surface area contributed by atoms with Crippen LogP contribution in [0, 0.1) is 10.1 Å². The Morgan fingerprint density at radius 3 is 1.70 bits per heavy atom. The van der Waals surface area contributed by atoms with E-state index in [2.05, 4.69) is 21.1 Å². The first-order valence-corrected chi connectivity index (χ1v) is 11.1. The molecule has 164 valence electrons. The van der Waals surface area contributed by atoms with Gasteiger partial charge in [-0.15, -0.1) is 0 Å². The maximum atomic E-state index is 10.7. The van der Waals surface area contributed by atoms with E-state index < -0.39 is 0 Å². The van der Waals surface area contributed by atoms with Crippen molar-refractivity contribution < 1.29 is 14.1 Å². The lowest BCUT2D eigenvalue weighted by Crippen LogP contribution is -2.35. The zero-order chi connectivity index (χ0) is 21.8. The Morgan fingerprint density at radius 2 is 1.20 bits per heavy atom. The third kappa shape index (κ3) is 9.40. The average molecular weight is 414 g/mol. The fraction of sp³-hybridized carbons (Fsp3) is 0.520. The number of nitro groups is 1. The molecule has 0 saturated carbocycles. The van der Waals surface area contributed by atoms with Crippen molar-refractivity contribution in [3.63, 3.8) is 0 Å². The standard InChI is InChI=1S/C25H37N2O3/c1-27(2,3)20-10-8-6-4-5-7-9-11-21-30-25-18-14-23(15-19-25)22-12-16-24(17-13-22)26(28)29/h12-19H,4-11,20-21H2,1-3H3/q+1. The number of benzene rings is 2. The summed E-state index contributed by atoms with van der Waals surface area (Å²) in [5.74, 6) is 0.873. The van der Waals surface area contributed by atoms with Crippen molar-refractivity contribution in [2.75, 3.05) is 34.3 Å². The van der Waals surface area contributed by atoms with E-state index in [1.165, 1.54) is 63.6 Å². The van der Waals surface area contributed by atoms with Gasteiger partial charge in [0.15, 0.2) is 0 Å². The number of hydrogen-bond donors (Lipinski definition) is 0. The van der Waals surface area contributed by atoms with Crippen LogP contribution in [0.15, 0.2) is 48.5 Å². The maximum absolute atomic E-state index is 10.7. The lowest BCUT2D eigenvalue weighted by atomic mass is 10.1. The summed E-state index contributed by atoms with van der Waals surface area (Å²) in [5, 5.41) is 10.7. The predicted octanol–water partition coefficient (Wildman–Crippen LogP) is 6.47. The van der Waals surface area contributed by atoms with Crippen LogP contribution in [-0.4, -0.2) is 43.7 Å². The van der Waals surface area contributed by atoms with E-state index in [0.717, 1.165) is 34.4 Å². The summed E-state index contributed by atoms with van der Waals surface area (Å²) in [7, 11) is 6.78. The summed E-state index contributed by atoms with van der Waals surface area (Å²) < 4.78 is 6.92. The van der Waals surface area contributed by atoms with Gasteiger partial charge >= 0.3 is 0 Å². The van der Waals surface area contributed by atoms with E-state index in [9.17, 15) is 10.1 Å². The number of hydrogen-bond acceptors (Lipinski definition) is 3. The summed E-state index contributed by atoms with van der Waals surface area (Å²) in [6.07, 6.45) is 10.3. The van der Waals surface area contributed by atoms with Gasteiger partial charge in [-0.25, -0.2) is 0 Å². The van der Waals surface area contributed by atoms with Crippen LogP contribution in [0.4, 0.5) is 5.69 Å². The molecular weight excluding hydrogens is 376 g/mol. The van der Waals surface area contributed by atoms with E-state index in [-0.39, 0.29) is 10.6 Å². The molecule has 0 radical (unpaired) electrons. The minimum Gasteiger partial charge on any atom is -0.494 e. The highest BCUT2D eigenvalue weighted by molar-refractivity contribution is 5.65. The van der Waals surface area contributed by atoms with Gasteiger partial charge < -0.3 is 9.22 Å². The first-order chi connectivity index (χ1) is 14.3. The van der Waals surface area contributed by atoms with Gasteiger partial charge in [-0.3, -0.25) is 10.1 Å². The highest BCUT2D eigenvalue weighted by Gasteiger charge is 2.06. The van der Waals surface area contributed by atoms with Gasteiger partial charge in [-0.1, -0.05) is 44.2 Å². The highest BCUT2D eigenvalue weighted by Crippen LogP contribution is 2.24. The fourth-order valence-corrected chi connectivity index (χ4v) is 3.46. The molecule has 0 N–H and O–H groups in total. The Morgan fingerprint density at radius 1 is 0.733 bits per heavy atom. The zero-order valence-electron chi connectivity index (χ0n) is 18.8. The molecule has 0 aliphatic heterocycles. The van der Waals surface area contributed by atoms with Crippen molar-refractivity contribution in [3.8, 4) is 16.9 Å². The van der Waals surface area contributed by atoms with Crippen molar-refractivity contribution in [2.45, 2.75) is 51.4 Å². The predicted molar refractivity (Wildman–Crippen MR) is 124 cm³/mol. The molecule has 0 bridgehead atoms. The number of unbranched alkanes of at least 4 members (excludes halogenated alkanes) is 7. The van der Waals surface area contributed by atoms with E-state index >= 15 is 0 Å². The van der Waals surface area contributed by atoms with E-state index in [1.54, 1.807) is 12.1 Å². The molecule has 0 unspecified atom stereocenters. The Hall–Kier alpha value is -2.40. The Labute approximate surface area is 181 Å². The minimum atomic E-state index is -0.381. The summed E-state index contributed by atoms with van der Waals surface area (Å²) in [4.78, 5) is 10.4. The molecule has 2 rings (SSSR count). The van der Waals surface area contributed by atoms with Crippen molar-refractivity contribution in [2.24, 2.45) is 0 Å². The van der Waals surface area contributed by atoms with Gasteiger partial charge in [0.25, 0.3) is 5.69 Å². The summed E-state index contributed by atoms with van der Waals surface area (Å²) >= 11 is 0. The van der Waals surface area contributed by atoms with Gasteiger partial charge in [0.1, 0.15) is 5.75 Å². The topological polar surface area (TPSA) is 52.4 Å². The molecule has 30 heavy (non-hydrogen) atoms. The molecular formula is C25H37N2O3+. The summed E-state index contributed by atoms with van der Waals surface area (Å²) in [6.45, 7) is 2.02. The van der Waals surface area contributed by atoms with Crippen LogP contribution in [0.5, 0.6) is 5.75 Å². The number of rotatable bonds is 14. The van der Waals surface area contributed by atoms with Crippen molar-refractivity contribution in [3.05, 3.63) is 58.6 Å². The van der Waals surface area contributed by atoms with Crippen molar-refractivity contribution in [1.29, 1.82) is 0 Å². The van der Waals surface area contributed by atoms with Crippen molar-refractivity contribution >= 4 is 5.69 Å². The van der Waals surface area contributed by atoms with Crippen LogP contribution in [0.25, 0.3) is 11.1 Å². The zero-order valence-corrected chi connectivity index (χ0v) is 18.8. The van der Waals surface area contributed by atoms with Crippen LogP contribution in [0.2, 0.25) is 0 Å². The number of non-ortho nitro benzene ring substituents is 1. The molecule has 0 heterocycles. The normalized spacial score (nSPS) is 11.4. The Bertz CT molecular complexity index is 749. The van der Waals surface area contributed by atoms with Gasteiger partial charge in [0.2, 0.25) is 0 Å². The van der Waals surface area contributed by atoms with Gasteiger partial charge in [-0.2, -0.15) is 0 Å². The monoisotopic (exact) mass is 413 g/mol. The lowest BCUT2D eigenvalue weighted by Gasteiger charge is -2.23. The number of nitrogens with zero attached hydrogens (tertiary/aromatic N) is 2. The van der Waals surface area contributed by atoms with Crippen LogP contribution < -0.4 is 4.74 Å². The number of ether oxygens (including phenoxy) is 1. The second-order valence-corrected chi connectivity index (χ2v) is 9.02. The third-order valence-electron chi connectivity index (χ3n) is 5.26. The second-order valence-electron chi connectivity index (χ2n) is 9.02. The Kier molecular flexibility index (Phi) is 9.81. The van der Waals surface area contributed by atoms with Crippen LogP contribution in [0.1, 0.15) is 51.4 Å². The second kappa shape index (κ2) is 12.3. The largest absolute Gasteiger partial charge is 0.494 e. The first-order valence-electron chi connectivity index (χ1n) is 11.1.